The fourth-order valence-corrected chi connectivity index (χ4v) is 13.5. The van der Waals surface area contributed by atoms with Crippen LogP contribution < -0.4 is 14.5 Å². The van der Waals surface area contributed by atoms with Gasteiger partial charge in [0, 0.05) is 45.9 Å². The molecule has 2 aromatic heterocycles. The molecule has 0 radical (unpaired) electrons. The highest BCUT2D eigenvalue weighted by molar-refractivity contribution is 6.09. The van der Waals surface area contributed by atoms with Gasteiger partial charge in [0.2, 0.25) is 0 Å². The Balaban J connectivity index is 1.01. The molecule has 8 aromatic carbocycles. The Hall–Kier alpha value is -8.03. The van der Waals surface area contributed by atoms with Crippen molar-refractivity contribution in [3.05, 3.63) is 216 Å². The highest BCUT2D eigenvalue weighted by Crippen LogP contribution is 2.53. The molecular weight excluding hydrogens is 999 g/mol. The second-order valence-electron chi connectivity index (χ2n) is 25.2. The van der Waals surface area contributed by atoms with E-state index in [1.165, 1.54) is 92.0 Å². The standard InChI is InChI=1S/C74H72F2N4O/c1-73(2,3)53-38-39-77-70(44-53)80-66-25-14-13-22-62(66)63-37-36-58(46-69(63)80)81-59-41-52(71-60(48-18-9-7-10-19-48)23-17-24-61(71)49-20-11-8-12-21-49)40-57(45-59)78-47-79(68-27-16-15-26-67(68)78)72-64(50-28-32-55(75)33-29-50)42-54(74(4,5)6)43-65(72)51-30-34-56(76)35-31-51/h13-17,22-46,48-49H,7-12,18-21,47H2,1-6H3. The zero-order chi connectivity index (χ0) is 55.6. The van der Waals surface area contributed by atoms with Crippen LogP contribution in [0.3, 0.4) is 0 Å². The summed E-state index contributed by atoms with van der Waals surface area (Å²) in [6.07, 6.45) is 14.3. The van der Waals surface area contributed by atoms with E-state index in [-0.39, 0.29) is 22.5 Å². The molecule has 1 aliphatic heterocycles. The van der Waals surface area contributed by atoms with Gasteiger partial charge in [0.25, 0.3) is 0 Å². The lowest BCUT2D eigenvalue weighted by atomic mass is 9.75. The summed E-state index contributed by atoms with van der Waals surface area (Å²) < 4.78 is 39.4. The van der Waals surface area contributed by atoms with E-state index in [4.69, 9.17) is 9.72 Å². The predicted molar refractivity (Wildman–Crippen MR) is 332 cm³/mol. The quantitative estimate of drug-likeness (QED) is 0.137. The summed E-state index contributed by atoms with van der Waals surface area (Å²) in [5.41, 5.74) is 17.5. The molecule has 7 heteroatoms. The van der Waals surface area contributed by atoms with Gasteiger partial charge < -0.3 is 14.5 Å². The number of ether oxygens (including phenoxy) is 1. The number of fused-ring (bicyclic) bond motifs is 4. The maximum Gasteiger partial charge on any atom is 0.137 e. The summed E-state index contributed by atoms with van der Waals surface area (Å²) in [6, 6.07) is 60.6. The van der Waals surface area contributed by atoms with Crippen LogP contribution in [0.2, 0.25) is 0 Å². The number of aromatic nitrogens is 2. The fraction of sp³-hybridized carbons (Fsp3) is 0.284. The Morgan fingerprint density at radius 1 is 0.469 bits per heavy atom. The normalized spacial score (nSPS) is 15.5. The van der Waals surface area contributed by atoms with Crippen LogP contribution in [-0.2, 0) is 10.8 Å². The molecule has 81 heavy (non-hydrogen) atoms. The fourth-order valence-electron chi connectivity index (χ4n) is 13.5. The molecule has 0 amide bonds. The van der Waals surface area contributed by atoms with E-state index < -0.39 is 0 Å². The smallest absolute Gasteiger partial charge is 0.137 e. The number of nitrogens with zero attached hydrogens (tertiary/aromatic N) is 4. The Morgan fingerprint density at radius 2 is 1.04 bits per heavy atom. The summed E-state index contributed by atoms with van der Waals surface area (Å²) in [4.78, 5) is 9.84. The summed E-state index contributed by atoms with van der Waals surface area (Å²) in [7, 11) is 0. The first kappa shape index (κ1) is 52.3. The molecule has 0 bridgehead atoms. The molecule has 3 heterocycles. The van der Waals surface area contributed by atoms with Crippen LogP contribution >= 0.6 is 0 Å². The molecule has 0 saturated heterocycles. The van der Waals surface area contributed by atoms with E-state index in [0.29, 0.717) is 18.5 Å². The van der Waals surface area contributed by atoms with Crippen LogP contribution in [0.5, 0.6) is 11.5 Å². The third-order valence-corrected chi connectivity index (χ3v) is 17.7. The van der Waals surface area contributed by atoms with Crippen molar-refractivity contribution in [2.45, 2.75) is 128 Å². The third kappa shape index (κ3) is 10.1. The van der Waals surface area contributed by atoms with Crippen LogP contribution in [0.1, 0.15) is 140 Å². The molecule has 2 saturated carbocycles. The SMILES string of the molecule is CC(C)(C)c1ccnc(-n2c3ccccc3c3ccc(Oc4cc(-c5c(C6CCCCC6)cccc5C5CCCCC5)cc(N5CN(c6c(-c7ccc(F)cc7)cc(C(C)(C)C)cc6-c6ccc(F)cc6)c6ccccc65)c4)cc32)c1. The van der Waals surface area contributed by atoms with Crippen LogP contribution in [-0.4, -0.2) is 16.2 Å². The largest absolute Gasteiger partial charge is 0.457 e. The van der Waals surface area contributed by atoms with E-state index in [2.05, 4.69) is 183 Å². The first-order valence-electron chi connectivity index (χ1n) is 29.5. The topological polar surface area (TPSA) is 33.5 Å². The van der Waals surface area contributed by atoms with Gasteiger partial charge in [-0.2, -0.15) is 0 Å². The van der Waals surface area contributed by atoms with Gasteiger partial charge in [-0.1, -0.05) is 153 Å². The number of hydrogen-bond acceptors (Lipinski definition) is 4. The predicted octanol–water partition coefficient (Wildman–Crippen LogP) is 21.2. The van der Waals surface area contributed by atoms with Crippen molar-refractivity contribution in [1.29, 1.82) is 0 Å². The van der Waals surface area contributed by atoms with E-state index in [1.807, 2.05) is 30.5 Å². The molecule has 10 aromatic rings. The second-order valence-corrected chi connectivity index (χ2v) is 25.2. The zero-order valence-electron chi connectivity index (χ0n) is 47.7. The van der Waals surface area contributed by atoms with Crippen LogP contribution in [0.25, 0.3) is 61.0 Å². The molecule has 2 fully saturated rings. The molecule has 2 aliphatic carbocycles. The summed E-state index contributed by atoms with van der Waals surface area (Å²) in [6.45, 7) is 13.9. The Labute approximate surface area is 476 Å². The molecule has 0 unspecified atom stereocenters. The molecule has 408 valence electrons. The van der Waals surface area contributed by atoms with Crippen LogP contribution in [0.4, 0.5) is 31.5 Å². The molecule has 5 nitrogen and oxygen atoms in total. The van der Waals surface area contributed by atoms with Crippen molar-refractivity contribution < 1.29 is 13.5 Å². The summed E-state index contributed by atoms with van der Waals surface area (Å²) >= 11 is 0. The lowest BCUT2D eigenvalue weighted by Crippen LogP contribution is -2.25. The minimum atomic E-state index is -0.288. The number of para-hydroxylation sites is 3. The number of hydrogen-bond donors (Lipinski definition) is 0. The van der Waals surface area contributed by atoms with Crippen LogP contribution in [0.15, 0.2) is 182 Å². The number of rotatable bonds is 10. The second kappa shape index (κ2) is 21.1. The first-order chi connectivity index (χ1) is 39.2. The van der Waals surface area contributed by atoms with E-state index in [1.54, 1.807) is 24.3 Å². The highest BCUT2D eigenvalue weighted by atomic mass is 19.1. The first-order valence-corrected chi connectivity index (χ1v) is 29.5. The monoisotopic (exact) mass is 1070 g/mol. The minimum Gasteiger partial charge on any atom is -0.457 e. The van der Waals surface area contributed by atoms with Crippen molar-refractivity contribution >= 4 is 44.6 Å². The van der Waals surface area contributed by atoms with Gasteiger partial charge >= 0.3 is 0 Å². The van der Waals surface area contributed by atoms with Gasteiger partial charge in [-0.05, 0) is 184 Å². The van der Waals surface area contributed by atoms with Crippen molar-refractivity contribution in [3.8, 4) is 50.7 Å². The number of halogens is 2. The van der Waals surface area contributed by atoms with Crippen molar-refractivity contribution in [2.75, 3.05) is 16.5 Å². The molecule has 13 rings (SSSR count). The van der Waals surface area contributed by atoms with Gasteiger partial charge in [0.1, 0.15) is 35.6 Å². The van der Waals surface area contributed by atoms with Gasteiger partial charge in [-0.15, -0.1) is 0 Å². The van der Waals surface area contributed by atoms with Gasteiger partial charge in [-0.25, -0.2) is 13.8 Å². The molecule has 3 aliphatic rings. The lowest BCUT2D eigenvalue weighted by molar-refractivity contribution is 0.436. The maximum atomic E-state index is 14.9. The molecule has 0 spiro atoms. The van der Waals surface area contributed by atoms with E-state index in [9.17, 15) is 8.78 Å². The van der Waals surface area contributed by atoms with Crippen molar-refractivity contribution in [3.63, 3.8) is 0 Å². The van der Waals surface area contributed by atoms with Gasteiger partial charge in [0.15, 0.2) is 0 Å². The molecule has 0 atom stereocenters. The maximum absolute atomic E-state index is 14.9. The van der Waals surface area contributed by atoms with Crippen molar-refractivity contribution in [2.24, 2.45) is 0 Å². The third-order valence-electron chi connectivity index (χ3n) is 17.7. The average molecular weight is 1070 g/mol. The molecule has 0 N–H and O–H groups in total. The average Bonchev–Trinajstić information content (AvgIpc) is 4.07. The van der Waals surface area contributed by atoms with Gasteiger partial charge in [-0.3, -0.25) is 4.57 Å². The number of benzene rings is 8. The van der Waals surface area contributed by atoms with Crippen molar-refractivity contribution in [1.82, 2.24) is 9.55 Å². The van der Waals surface area contributed by atoms with Gasteiger partial charge in [0.05, 0.1) is 28.1 Å². The number of pyridine rings is 1. The Kier molecular flexibility index (Phi) is 13.7. The number of anilines is 4. The highest BCUT2D eigenvalue weighted by Gasteiger charge is 2.34. The molecular formula is C74H72F2N4O. The minimum absolute atomic E-state index is 0.0561. The van der Waals surface area contributed by atoms with E-state index >= 15 is 0 Å². The zero-order valence-corrected chi connectivity index (χ0v) is 47.7. The van der Waals surface area contributed by atoms with E-state index in [0.717, 1.165) is 89.7 Å². The van der Waals surface area contributed by atoms with Crippen LogP contribution in [0, 0.1) is 11.6 Å². The summed E-state index contributed by atoms with van der Waals surface area (Å²) in [5, 5.41) is 2.30. The lowest BCUT2D eigenvalue weighted by Gasteiger charge is -2.31. The Bertz CT molecular complexity index is 3860. The summed E-state index contributed by atoms with van der Waals surface area (Å²) in [5.74, 6) is 2.76. The Morgan fingerprint density at radius 3 is 1.64 bits per heavy atom.